The second kappa shape index (κ2) is 4.91. The van der Waals surface area contributed by atoms with Crippen molar-refractivity contribution in [1.82, 2.24) is 5.32 Å². The van der Waals surface area contributed by atoms with Crippen LogP contribution in [0.1, 0.15) is 26.7 Å². The van der Waals surface area contributed by atoms with Gasteiger partial charge < -0.3 is 25.3 Å². The van der Waals surface area contributed by atoms with Crippen molar-refractivity contribution in [3.05, 3.63) is 0 Å². The summed E-state index contributed by atoms with van der Waals surface area (Å²) in [4.78, 5) is 12.7. The van der Waals surface area contributed by atoms with E-state index in [0.29, 0.717) is 26.4 Å². The van der Waals surface area contributed by atoms with Gasteiger partial charge in [-0.05, 0) is 6.42 Å². The maximum atomic E-state index is 12.7. The van der Waals surface area contributed by atoms with Crippen LogP contribution in [0.25, 0.3) is 0 Å². The predicted octanol–water partition coefficient (Wildman–Crippen LogP) is 0.0505. The molecular weight excluding hydrogens is 272 g/mol. The molecule has 0 bridgehead atoms. The molecule has 0 spiro atoms. The summed E-state index contributed by atoms with van der Waals surface area (Å²) in [5, 5.41) is 3.00. The molecule has 6 heteroatoms. The third-order valence-corrected chi connectivity index (χ3v) is 5.90. The van der Waals surface area contributed by atoms with E-state index in [1.807, 2.05) is 13.8 Å². The maximum absolute atomic E-state index is 12.7. The molecule has 0 aromatic rings. The van der Waals surface area contributed by atoms with Crippen LogP contribution in [0.15, 0.2) is 0 Å². The van der Waals surface area contributed by atoms with Crippen LogP contribution in [0.4, 0.5) is 0 Å². The molecule has 1 amide bonds. The second-order valence-corrected chi connectivity index (χ2v) is 7.15. The lowest BCUT2D eigenvalue weighted by Crippen LogP contribution is -2.80. The van der Waals surface area contributed by atoms with E-state index in [0.717, 1.165) is 12.8 Å². The molecule has 6 nitrogen and oxygen atoms in total. The molecule has 2 aliphatic heterocycles. The van der Waals surface area contributed by atoms with Gasteiger partial charge in [0.25, 0.3) is 0 Å². The quantitative estimate of drug-likeness (QED) is 0.766. The molecule has 3 aliphatic rings. The zero-order chi connectivity index (χ0) is 15.3. The van der Waals surface area contributed by atoms with Gasteiger partial charge in [-0.3, -0.25) is 4.79 Å². The molecule has 0 aromatic carbocycles. The van der Waals surface area contributed by atoms with Gasteiger partial charge in [0.05, 0.1) is 12.7 Å². The highest BCUT2D eigenvalue weighted by Crippen LogP contribution is 2.58. The van der Waals surface area contributed by atoms with E-state index in [1.165, 1.54) is 0 Å². The molecule has 1 aliphatic carbocycles. The molecule has 0 radical (unpaired) electrons. The van der Waals surface area contributed by atoms with E-state index in [9.17, 15) is 4.79 Å². The third kappa shape index (κ3) is 1.96. The van der Waals surface area contributed by atoms with Gasteiger partial charge in [-0.15, -0.1) is 0 Å². The highest BCUT2D eigenvalue weighted by molar-refractivity contribution is 5.89. The first kappa shape index (κ1) is 15.2. The van der Waals surface area contributed by atoms with Gasteiger partial charge in [-0.2, -0.15) is 0 Å². The SMILES string of the molecule is COC1(CNC(=O)C2(N)C3CCOC3C2(C)C)CCOC1. The Hall–Kier alpha value is -0.690. The van der Waals surface area contributed by atoms with Crippen LogP contribution in [-0.2, 0) is 19.0 Å². The van der Waals surface area contributed by atoms with Gasteiger partial charge in [0, 0.05) is 44.6 Å². The number of ether oxygens (including phenoxy) is 3. The van der Waals surface area contributed by atoms with Gasteiger partial charge in [-0.25, -0.2) is 0 Å². The number of carbonyl (C=O) groups excluding carboxylic acids is 1. The molecule has 120 valence electrons. The van der Waals surface area contributed by atoms with E-state index in [4.69, 9.17) is 19.9 Å². The highest BCUT2D eigenvalue weighted by atomic mass is 16.5. The number of hydrogen-bond donors (Lipinski definition) is 2. The first-order chi connectivity index (χ1) is 9.87. The lowest BCUT2D eigenvalue weighted by Gasteiger charge is -2.60. The summed E-state index contributed by atoms with van der Waals surface area (Å²) in [5.74, 6) is 0.0217. The summed E-state index contributed by atoms with van der Waals surface area (Å²) in [5.41, 5.74) is 4.90. The number of methoxy groups -OCH3 is 1. The van der Waals surface area contributed by atoms with E-state index >= 15 is 0 Å². The summed E-state index contributed by atoms with van der Waals surface area (Å²) in [7, 11) is 1.66. The molecule has 1 saturated carbocycles. The Labute approximate surface area is 125 Å². The Kier molecular flexibility index (Phi) is 3.56. The maximum Gasteiger partial charge on any atom is 0.241 e. The second-order valence-electron chi connectivity index (χ2n) is 7.15. The molecule has 4 atom stereocenters. The zero-order valence-corrected chi connectivity index (χ0v) is 13.1. The summed E-state index contributed by atoms with van der Waals surface area (Å²) in [6, 6.07) is 0. The average molecular weight is 298 g/mol. The van der Waals surface area contributed by atoms with Gasteiger partial charge in [0.2, 0.25) is 5.91 Å². The Balaban J connectivity index is 1.68. The number of nitrogens with two attached hydrogens (primary N) is 1. The van der Waals surface area contributed by atoms with Crippen LogP contribution in [0.2, 0.25) is 0 Å². The van der Waals surface area contributed by atoms with Gasteiger partial charge >= 0.3 is 0 Å². The van der Waals surface area contributed by atoms with E-state index < -0.39 is 11.1 Å². The fraction of sp³-hybridized carbons (Fsp3) is 0.933. The average Bonchev–Trinajstić information content (AvgIpc) is 3.12. The van der Waals surface area contributed by atoms with Crippen molar-refractivity contribution in [2.24, 2.45) is 17.1 Å². The largest absolute Gasteiger partial charge is 0.378 e. The molecule has 4 unspecified atom stereocenters. The van der Waals surface area contributed by atoms with Crippen molar-refractivity contribution in [1.29, 1.82) is 0 Å². The van der Waals surface area contributed by atoms with Gasteiger partial charge in [0.1, 0.15) is 11.1 Å². The fourth-order valence-corrected chi connectivity index (χ4v) is 4.19. The van der Waals surface area contributed by atoms with Crippen LogP contribution in [0.5, 0.6) is 0 Å². The minimum Gasteiger partial charge on any atom is -0.378 e. The van der Waals surface area contributed by atoms with E-state index in [1.54, 1.807) is 7.11 Å². The van der Waals surface area contributed by atoms with Crippen molar-refractivity contribution >= 4 is 5.91 Å². The van der Waals surface area contributed by atoms with Crippen LogP contribution in [0.3, 0.4) is 0 Å². The first-order valence-electron chi connectivity index (χ1n) is 7.69. The topological polar surface area (TPSA) is 82.8 Å². The standard InChI is InChI=1S/C15H26N2O4/c1-13(2)11-10(4-6-21-11)15(13,16)12(18)17-8-14(19-3)5-7-20-9-14/h10-11H,4-9,16H2,1-3H3,(H,17,18). The third-order valence-electron chi connectivity index (χ3n) is 5.90. The van der Waals surface area contributed by atoms with Crippen molar-refractivity contribution in [2.75, 3.05) is 33.5 Å². The molecular formula is C15H26N2O4. The number of hydrogen-bond acceptors (Lipinski definition) is 5. The molecule has 0 aromatic heterocycles. The first-order valence-corrected chi connectivity index (χ1v) is 7.69. The van der Waals surface area contributed by atoms with Crippen LogP contribution >= 0.6 is 0 Å². The zero-order valence-electron chi connectivity index (χ0n) is 13.1. The summed E-state index contributed by atoms with van der Waals surface area (Å²) < 4.78 is 16.7. The Bertz CT molecular complexity index is 433. The van der Waals surface area contributed by atoms with Crippen LogP contribution in [-0.4, -0.2) is 56.6 Å². The molecule has 2 saturated heterocycles. The molecule has 21 heavy (non-hydrogen) atoms. The number of nitrogens with one attached hydrogen (secondary N) is 1. The van der Waals surface area contributed by atoms with Crippen molar-refractivity contribution < 1.29 is 19.0 Å². The van der Waals surface area contributed by atoms with Gasteiger partial charge in [0.15, 0.2) is 0 Å². The van der Waals surface area contributed by atoms with Crippen LogP contribution in [0, 0.1) is 11.3 Å². The summed E-state index contributed by atoms with van der Waals surface area (Å²) in [6.07, 6.45) is 1.75. The van der Waals surface area contributed by atoms with Crippen molar-refractivity contribution in [3.8, 4) is 0 Å². The fourth-order valence-electron chi connectivity index (χ4n) is 4.19. The molecule has 2 heterocycles. The highest BCUT2D eigenvalue weighted by Gasteiger charge is 2.71. The predicted molar refractivity (Wildman–Crippen MR) is 76.7 cm³/mol. The monoisotopic (exact) mass is 298 g/mol. The Morgan fingerprint density at radius 2 is 2.19 bits per heavy atom. The normalized spacial score (nSPS) is 44.2. The molecule has 3 rings (SSSR count). The van der Waals surface area contributed by atoms with E-state index in [2.05, 4.69) is 5.32 Å². The molecule has 3 fully saturated rings. The van der Waals surface area contributed by atoms with E-state index in [-0.39, 0.29) is 23.3 Å². The van der Waals surface area contributed by atoms with Gasteiger partial charge in [-0.1, -0.05) is 13.8 Å². The van der Waals surface area contributed by atoms with Crippen molar-refractivity contribution in [2.45, 2.75) is 43.9 Å². The number of rotatable bonds is 4. The van der Waals surface area contributed by atoms with Crippen LogP contribution < -0.4 is 11.1 Å². The lowest BCUT2D eigenvalue weighted by atomic mass is 9.48. The summed E-state index contributed by atoms with van der Waals surface area (Å²) in [6.45, 7) is 6.35. The number of fused-ring (bicyclic) bond motifs is 1. The minimum absolute atomic E-state index is 0.0948. The Morgan fingerprint density at radius 1 is 1.43 bits per heavy atom. The lowest BCUT2D eigenvalue weighted by molar-refractivity contribution is -0.176. The number of amides is 1. The van der Waals surface area contributed by atoms with Crippen molar-refractivity contribution in [3.63, 3.8) is 0 Å². The Morgan fingerprint density at radius 3 is 2.81 bits per heavy atom. The summed E-state index contributed by atoms with van der Waals surface area (Å²) >= 11 is 0. The molecule has 3 N–H and O–H groups in total. The minimum atomic E-state index is -0.859. The smallest absolute Gasteiger partial charge is 0.241 e. The number of carbonyl (C=O) groups is 1.